The summed E-state index contributed by atoms with van der Waals surface area (Å²) in [5.41, 5.74) is 7.18. The predicted octanol–water partition coefficient (Wildman–Crippen LogP) is 1.72. The standard InChI is InChI=1S/C14H17N5OS2/c15-7-12-17-13(19-18-12)9-1-3-10(4-2-9)16-14(20)11-8-21-5-6-22-11/h1-4,11H,5-8,15H2,(H,16,20)(H,17,18,19). The summed E-state index contributed by atoms with van der Waals surface area (Å²) in [5, 5.41) is 9.90. The van der Waals surface area contributed by atoms with Crippen LogP contribution in [0.1, 0.15) is 5.82 Å². The molecule has 0 spiro atoms. The van der Waals surface area contributed by atoms with E-state index in [2.05, 4.69) is 20.5 Å². The normalized spacial score (nSPS) is 18.1. The van der Waals surface area contributed by atoms with Gasteiger partial charge in [-0.15, -0.1) is 11.8 Å². The van der Waals surface area contributed by atoms with E-state index in [4.69, 9.17) is 5.73 Å². The highest BCUT2D eigenvalue weighted by Gasteiger charge is 2.22. The van der Waals surface area contributed by atoms with Crippen LogP contribution in [0.3, 0.4) is 0 Å². The number of hydrogen-bond donors (Lipinski definition) is 3. The first-order valence-corrected chi connectivity index (χ1v) is 9.18. The van der Waals surface area contributed by atoms with Crippen LogP contribution >= 0.6 is 23.5 Å². The van der Waals surface area contributed by atoms with Crippen LogP contribution < -0.4 is 11.1 Å². The van der Waals surface area contributed by atoms with Gasteiger partial charge in [-0.3, -0.25) is 9.89 Å². The summed E-state index contributed by atoms with van der Waals surface area (Å²) in [6.45, 7) is 0.332. The van der Waals surface area contributed by atoms with Gasteiger partial charge in [0.15, 0.2) is 5.82 Å². The number of anilines is 1. The van der Waals surface area contributed by atoms with Gasteiger partial charge in [-0.1, -0.05) is 0 Å². The highest BCUT2D eigenvalue weighted by atomic mass is 32.2. The molecule has 0 radical (unpaired) electrons. The second-order valence-corrected chi connectivity index (χ2v) is 7.27. The van der Waals surface area contributed by atoms with Crippen molar-refractivity contribution < 1.29 is 4.79 Å². The van der Waals surface area contributed by atoms with Gasteiger partial charge >= 0.3 is 0 Å². The maximum absolute atomic E-state index is 12.2. The Morgan fingerprint density at radius 1 is 1.36 bits per heavy atom. The SMILES string of the molecule is NCc1nc(-c2ccc(NC(=O)C3CSCCS3)cc2)n[nH]1. The van der Waals surface area contributed by atoms with Crippen LogP contribution in [0.15, 0.2) is 24.3 Å². The maximum Gasteiger partial charge on any atom is 0.238 e. The van der Waals surface area contributed by atoms with Crippen LogP contribution in [0, 0.1) is 0 Å². The number of amides is 1. The van der Waals surface area contributed by atoms with Crippen LogP contribution in [-0.4, -0.2) is 43.6 Å². The topological polar surface area (TPSA) is 96.7 Å². The van der Waals surface area contributed by atoms with Crippen LogP contribution in [0.2, 0.25) is 0 Å². The lowest BCUT2D eigenvalue weighted by Crippen LogP contribution is -2.30. The van der Waals surface area contributed by atoms with Crippen molar-refractivity contribution in [3.8, 4) is 11.4 Å². The molecular formula is C14H17N5OS2. The molecule has 8 heteroatoms. The average Bonchev–Trinajstić information content (AvgIpc) is 3.05. The molecule has 116 valence electrons. The Labute approximate surface area is 137 Å². The van der Waals surface area contributed by atoms with Crippen molar-refractivity contribution in [3.05, 3.63) is 30.1 Å². The molecular weight excluding hydrogens is 318 g/mol. The van der Waals surface area contributed by atoms with E-state index in [0.29, 0.717) is 18.2 Å². The number of aromatic nitrogens is 3. The largest absolute Gasteiger partial charge is 0.325 e. The molecule has 1 atom stereocenters. The molecule has 1 saturated heterocycles. The third-order valence-corrected chi connectivity index (χ3v) is 6.00. The first-order valence-electron chi connectivity index (χ1n) is 6.98. The Kier molecular flexibility index (Phi) is 5.01. The summed E-state index contributed by atoms with van der Waals surface area (Å²) in [4.78, 5) is 16.5. The van der Waals surface area contributed by atoms with Gasteiger partial charge in [0.05, 0.1) is 11.8 Å². The third-order valence-electron chi connectivity index (χ3n) is 3.24. The van der Waals surface area contributed by atoms with E-state index in [0.717, 1.165) is 28.5 Å². The molecule has 6 nitrogen and oxygen atoms in total. The molecule has 2 heterocycles. The van der Waals surface area contributed by atoms with Gasteiger partial charge in [0.2, 0.25) is 5.91 Å². The highest BCUT2D eigenvalue weighted by molar-refractivity contribution is 8.07. The number of aromatic amines is 1. The summed E-state index contributed by atoms with van der Waals surface area (Å²) < 4.78 is 0. The van der Waals surface area contributed by atoms with Gasteiger partial charge in [0, 0.05) is 28.5 Å². The molecule has 0 bridgehead atoms. The van der Waals surface area contributed by atoms with Crippen molar-refractivity contribution in [3.63, 3.8) is 0 Å². The first kappa shape index (κ1) is 15.4. The number of carbonyl (C=O) groups is 1. The Balaban J connectivity index is 1.64. The van der Waals surface area contributed by atoms with Gasteiger partial charge in [-0.2, -0.15) is 16.9 Å². The smallest absolute Gasteiger partial charge is 0.238 e. The number of hydrogen-bond acceptors (Lipinski definition) is 6. The first-order chi connectivity index (χ1) is 10.8. The number of carbonyl (C=O) groups excluding carboxylic acids is 1. The van der Waals surface area contributed by atoms with Gasteiger partial charge < -0.3 is 11.1 Å². The fourth-order valence-electron chi connectivity index (χ4n) is 2.08. The molecule has 1 aromatic carbocycles. The zero-order valence-electron chi connectivity index (χ0n) is 11.9. The van der Waals surface area contributed by atoms with Crippen molar-refractivity contribution in [1.29, 1.82) is 0 Å². The number of H-pyrrole nitrogens is 1. The molecule has 0 aliphatic carbocycles. The summed E-state index contributed by atoms with van der Waals surface area (Å²) in [5.74, 6) is 4.39. The van der Waals surface area contributed by atoms with E-state index in [1.165, 1.54) is 0 Å². The molecule has 1 aromatic heterocycles. The molecule has 1 aliphatic heterocycles. The van der Waals surface area contributed by atoms with Crippen molar-refractivity contribution >= 4 is 35.1 Å². The molecule has 2 aromatic rings. The summed E-state index contributed by atoms with van der Waals surface area (Å²) >= 11 is 3.56. The van der Waals surface area contributed by atoms with Gasteiger partial charge in [0.1, 0.15) is 5.82 Å². The molecule has 1 aliphatic rings. The van der Waals surface area contributed by atoms with E-state index in [9.17, 15) is 4.79 Å². The molecule has 0 saturated carbocycles. The minimum Gasteiger partial charge on any atom is -0.325 e. The lowest BCUT2D eigenvalue weighted by atomic mass is 10.2. The maximum atomic E-state index is 12.2. The van der Waals surface area contributed by atoms with Crippen LogP contribution in [0.5, 0.6) is 0 Å². The fourth-order valence-corrected chi connectivity index (χ4v) is 4.64. The van der Waals surface area contributed by atoms with Crippen LogP contribution in [0.4, 0.5) is 5.69 Å². The number of thioether (sulfide) groups is 2. The second kappa shape index (κ2) is 7.17. The molecule has 1 fully saturated rings. The Bertz CT molecular complexity index is 637. The van der Waals surface area contributed by atoms with E-state index in [-0.39, 0.29) is 11.2 Å². The number of benzene rings is 1. The number of nitrogens with two attached hydrogens (primary N) is 1. The third kappa shape index (κ3) is 3.63. The zero-order chi connectivity index (χ0) is 15.4. The van der Waals surface area contributed by atoms with E-state index < -0.39 is 0 Å². The van der Waals surface area contributed by atoms with Gasteiger partial charge in [-0.05, 0) is 24.3 Å². The van der Waals surface area contributed by atoms with Gasteiger partial charge in [0.25, 0.3) is 0 Å². The molecule has 22 heavy (non-hydrogen) atoms. The minimum atomic E-state index is 0.0403. The monoisotopic (exact) mass is 335 g/mol. The zero-order valence-corrected chi connectivity index (χ0v) is 13.5. The predicted molar refractivity (Wildman–Crippen MR) is 91.9 cm³/mol. The molecule has 1 amide bonds. The Morgan fingerprint density at radius 3 is 2.82 bits per heavy atom. The van der Waals surface area contributed by atoms with Gasteiger partial charge in [-0.25, -0.2) is 4.98 Å². The van der Waals surface area contributed by atoms with Crippen molar-refractivity contribution in [1.82, 2.24) is 15.2 Å². The average molecular weight is 335 g/mol. The fraction of sp³-hybridized carbons (Fsp3) is 0.357. The molecule has 1 unspecified atom stereocenters. The lowest BCUT2D eigenvalue weighted by Gasteiger charge is -2.20. The summed E-state index contributed by atoms with van der Waals surface area (Å²) in [7, 11) is 0. The number of rotatable bonds is 4. The van der Waals surface area contributed by atoms with E-state index in [1.54, 1.807) is 11.8 Å². The Morgan fingerprint density at radius 2 is 2.18 bits per heavy atom. The van der Waals surface area contributed by atoms with Crippen molar-refractivity contribution in [2.75, 3.05) is 22.6 Å². The molecule has 3 rings (SSSR count). The van der Waals surface area contributed by atoms with E-state index in [1.807, 2.05) is 36.0 Å². The minimum absolute atomic E-state index is 0.0403. The summed E-state index contributed by atoms with van der Waals surface area (Å²) in [6, 6.07) is 7.52. The number of nitrogens with one attached hydrogen (secondary N) is 2. The summed E-state index contributed by atoms with van der Waals surface area (Å²) in [6.07, 6.45) is 0. The van der Waals surface area contributed by atoms with Crippen LogP contribution in [0.25, 0.3) is 11.4 Å². The van der Waals surface area contributed by atoms with Crippen molar-refractivity contribution in [2.45, 2.75) is 11.8 Å². The second-order valence-electron chi connectivity index (χ2n) is 4.81. The number of nitrogens with zero attached hydrogens (tertiary/aromatic N) is 2. The lowest BCUT2D eigenvalue weighted by molar-refractivity contribution is -0.115. The quantitative estimate of drug-likeness (QED) is 0.787. The van der Waals surface area contributed by atoms with E-state index >= 15 is 0 Å². The van der Waals surface area contributed by atoms with Crippen molar-refractivity contribution in [2.24, 2.45) is 5.73 Å². The Hall–Kier alpha value is -1.51. The molecule has 4 N–H and O–H groups in total. The highest BCUT2D eigenvalue weighted by Crippen LogP contribution is 2.25. The van der Waals surface area contributed by atoms with Crippen LogP contribution in [-0.2, 0) is 11.3 Å².